The van der Waals surface area contributed by atoms with Gasteiger partial charge < -0.3 is 89.0 Å². The summed E-state index contributed by atoms with van der Waals surface area (Å²) in [6.07, 6.45) is -14.6. The van der Waals surface area contributed by atoms with Crippen molar-refractivity contribution >= 4 is 12.3 Å². The summed E-state index contributed by atoms with van der Waals surface area (Å²) < 4.78 is 40.4. The lowest BCUT2D eigenvalue weighted by Crippen LogP contribution is -2.69. The first-order chi connectivity index (χ1) is 28.4. The molecule has 0 aromatic rings. The van der Waals surface area contributed by atoms with E-state index in [4.69, 9.17) is 33.2 Å². The van der Waals surface area contributed by atoms with Crippen molar-refractivity contribution in [2.45, 2.75) is 181 Å². The van der Waals surface area contributed by atoms with Gasteiger partial charge in [0.05, 0.1) is 48.1 Å². The quantitative estimate of drug-likeness (QED) is 0.0613. The predicted molar refractivity (Wildman–Crippen MR) is 199 cm³/mol. The Morgan fingerprint density at radius 2 is 1.43 bits per heavy atom. The lowest BCUT2D eigenvalue weighted by molar-refractivity contribution is -0.374. The second-order valence-electron chi connectivity index (χ2n) is 18.9. The maximum atomic E-state index is 13.3. The zero-order chi connectivity index (χ0) is 43.1. The van der Waals surface area contributed by atoms with Crippen LogP contribution in [0, 0.1) is 28.6 Å². The number of ether oxygens (including phenoxy) is 7. The molecule has 22 atom stereocenters. The monoisotopic (exact) mass is 858 g/mol. The minimum absolute atomic E-state index is 0.00754. The summed E-state index contributed by atoms with van der Waals surface area (Å²) in [6, 6.07) is 0. The van der Waals surface area contributed by atoms with Crippen LogP contribution in [-0.2, 0) is 42.7 Å². The van der Waals surface area contributed by atoms with Gasteiger partial charge in [-0.25, -0.2) is 4.79 Å². The lowest BCUT2D eigenvalue weighted by Gasteiger charge is -2.65. The first kappa shape index (κ1) is 44.8. The molecule has 8 rings (SSSR count). The molecule has 7 fully saturated rings. The molecule has 4 aliphatic heterocycles. The molecule has 10 N–H and O–H groups in total. The largest absolute Gasteiger partial charge is 0.458 e. The number of hydrogen-bond acceptors (Lipinski definition) is 19. The zero-order valence-corrected chi connectivity index (χ0v) is 33.9. The molecule has 0 spiro atoms. The summed E-state index contributed by atoms with van der Waals surface area (Å²) in [7, 11) is 0. The number of carbonyl (C=O) groups is 2. The van der Waals surface area contributed by atoms with E-state index >= 15 is 0 Å². The molecule has 0 aromatic carbocycles. The van der Waals surface area contributed by atoms with Crippen molar-refractivity contribution in [3.8, 4) is 0 Å². The van der Waals surface area contributed by atoms with E-state index in [1.165, 1.54) is 0 Å². The number of aldehydes is 1. The van der Waals surface area contributed by atoms with Crippen LogP contribution in [0.3, 0.4) is 0 Å². The van der Waals surface area contributed by atoms with Crippen LogP contribution in [0.15, 0.2) is 11.6 Å². The molecule has 60 heavy (non-hydrogen) atoms. The normalized spacial score (nSPS) is 54.3. The van der Waals surface area contributed by atoms with E-state index in [1.54, 1.807) is 13.0 Å². The number of esters is 1. The van der Waals surface area contributed by atoms with Gasteiger partial charge in [-0.2, -0.15) is 0 Å². The van der Waals surface area contributed by atoms with Crippen molar-refractivity contribution in [2.75, 3.05) is 19.8 Å². The fourth-order valence-electron chi connectivity index (χ4n) is 12.8. The van der Waals surface area contributed by atoms with E-state index in [1.807, 2.05) is 0 Å². The van der Waals surface area contributed by atoms with E-state index in [9.17, 15) is 60.7 Å². The third-order valence-corrected chi connectivity index (χ3v) is 16.1. The Hall–Kier alpha value is -1.76. The molecular weight excluding hydrogens is 796 g/mol. The smallest absolute Gasteiger partial charge is 0.331 e. The molecule has 19 nitrogen and oxygen atoms in total. The maximum Gasteiger partial charge on any atom is 0.331 e. The number of rotatable bonds is 10. The molecule has 4 aliphatic carbocycles. The molecule has 0 aromatic heterocycles. The van der Waals surface area contributed by atoms with Crippen LogP contribution in [0.25, 0.3) is 0 Å². The summed E-state index contributed by atoms with van der Waals surface area (Å²) >= 11 is 0. The SMILES string of the molecule is C[C@H]1O[C@@H](O[C@H]2CC[C@]3(C=O)[C@H]4CC[C@]5(C)[C@@H](C6=CC(=O)OC6)CC[C@]5(O)[C@H]4CC[C@]3(O)C2)C[C@@H](O)[C@@H]1O[C@@H]1O[C@H](CO)[C@@H](O)[C@H](O[C@@H]2O[C@H](CO)[C@@H](O)[C@H](O)[C@H]2O)[C@H]1O. The summed E-state index contributed by atoms with van der Waals surface area (Å²) in [6.45, 7) is 2.44. The van der Waals surface area contributed by atoms with Gasteiger partial charge in [-0.15, -0.1) is 0 Å². The van der Waals surface area contributed by atoms with Crippen LogP contribution in [0.1, 0.15) is 78.1 Å². The molecule has 0 amide bonds. The average molecular weight is 859 g/mol. The fourth-order valence-corrected chi connectivity index (χ4v) is 12.8. The number of aliphatic hydroxyl groups is 10. The summed E-state index contributed by atoms with van der Waals surface area (Å²) in [5, 5.41) is 109. The Bertz CT molecular complexity index is 1600. The van der Waals surface area contributed by atoms with E-state index < -0.39 is 127 Å². The summed E-state index contributed by atoms with van der Waals surface area (Å²) in [5.41, 5.74) is -3.17. The van der Waals surface area contributed by atoms with Gasteiger partial charge in [0, 0.05) is 24.3 Å². The summed E-state index contributed by atoms with van der Waals surface area (Å²) in [5.74, 6) is -0.832. The van der Waals surface area contributed by atoms with Gasteiger partial charge in [0.2, 0.25) is 0 Å². The van der Waals surface area contributed by atoms with E-state index in [2.05, 4.69) is 6.92 Å². The highest BCUT2D eigenvalue weighted by atomic mass is 16.8. The van der Waals surface area contributed by atoms with Gasteiger partial charge in [0.1, 0.15) is 67.8 Å². The molecule has 0 bridgehead atoms. The van der Waals surface area contributed by atoms with Gasteiger partial charge in [-0.1, -0.05) is 6.92 Å². The third kappa shape index (κ3) is 7.12. The standard InChI is InChI=1S/C41H62O19/c1-18-34(59-37-33(51)35(30(48)26(15-43)58-37)60-36-32(50)31(49)29(47)25(14-42)57-36)24(45)12-28(55-18)56-20-3-8-39(17-44)22-4-7-38(2)21(19-11-27(46)54-16-19)6-10-41(38,53)23(22)5-9-40(39,52)13-20/h11,17-18,20-26,28-37,42-43,45,47-53H,3-10,12-16H2,1-2H3/t18-,20+,21-,22+,23+,24-,25-,26-,28+,29-,30-,31+,32-,33-,34-,35+,36+,37+,38-,39+,40+,41+/m1/s1. The second kappa shape index (κ2) is 16.7. The van der Waals surface area contributed by atoms with Crippen molar-refractivity contribution < 1.29 is 93.8 Å². The number of fused-ring (bicyclic) bond motifs is 5. The van der Waals surface area contributed by atoms with Crippen molar-refractivity contribution in [3.63, 3.8) is 0 Å². The third-order valence-electron chi connectivity index (χ3n) is 16.1. The van der Waals surface area contributed by atoms with Crippen LogP contribution in [-0.4, -0.2) is 186 Å². The molecule has 8 aliphatic rings. The topological polar surface area (TPSA) is 301 Å². The number of aliphatic hydroxyl groups excluding tert-OH is 8. The first-order valence-electron chi connectivity index (χ1n) is 21.5. The Kier molecular flexibility index (Phi) is 12.4. The predicted octanol–water partition coefficient (Wildman–Crippen LogP) is -2.57. The van der Waals surface area contributed by atoms with E-state index in [-0.39, 0.29) is 49.6 Å². The molecule has 4 saturated carbocycles. The van der Waals surface area contributed by atoms with Crippen LogP contribution in [0.4, 0.5) is 0 Å². The van der Waals surface area contributed by atoms with Crippen molar-refractivity contribution in [1.82, 2.24) is 0 Å². The van der Waals surface area contributed by atoms with Gasteiger partial charge in [0.15, 0.2) is 18.9 Å². The van der Waals surface area contributed by atoms with Crippen LogP contribution in [0.2, 0.25) is 0 Å². The molecule has 0 unspecified atom stereocenters. The first-order valence-corrected chi connectivity index (χ1v) is 21.5. The van der Waals surface area contributed by atoms with Crippen LogP contribution >= 0.6 is 0 Å². The van der Waals surface area contributed by atoms with Crippen molar-refractivity contribution in [3.05, 3.63) is 11.6 Å². The van der Waals surface area contributed by atoms with Crippen LogP contribution < -0.4 is 0 Å². The van der Waals surface area contributed by atoms with Gasteiger partial charge in [-0.05, 0) is 81.6 Å². The minimum atomic E-state index is -1.85. The zero-order valence-electron chi connectivity index (χ0n) is 33.9. The van der Waals surface area contributed by atoms with Crippen molar-refractivity contribution in [1.29, 1.82) is 0 Å². The van der Waals surface area contributed by atoms with Gasteiger partial charge in [-0.3, -0.25) is 0 Å². The minimum Gasteiger partial charge on any atom is -0.458 e. The highest BCUT2D eigenvalue weighted by Gasteiger charge is 2.71. The van der Waals surface area contributed by atoms with E-state index in [0.29, 0.717) is 44.9 Å². The fraction of sp³-hybridized carbons (Fsp3) is 0.902. The Balaban J connectivity index is 0.895. The van der Waals surface area contributed by atoms with Crippen molar-refractivity contribution in [2.24, 2.45) is 28.6 Å². The van der Waals surface area contributed by atoms with E-state index in [0.717, 1.165) is 11.9 Å². The number of carbonyl (C=O) groups excluding carboxylic acids is 2. The highest BCUT2D eigenvalue weighted by molar-refractivity contribution is 5.85. The van der Waals surface area contributed by atoms with Crippen LogP contribution in [0.5, 0.6) is 0 Å². The average Bonchev–Trinajstić information content (AvgIpc) is 3.76. The number of cyclic esters (lactones) is 1. The molecule has 340 valence electrons. The Morgan fingerprint density at radius 3 is 2.08 bits per heavy atom. The second-order valence-corrected chi connectivity index (χ2v) is 18.9. The number of hydrogen-bond donors (Lipinski definition) is 10. The maximum absolute atomic E-state index is 13.3. The molecule has 19 heteroatoms. The molecule has 3 saturated heterocycles. The Labute approximate surface area is 347 Å². The Morgan fingerprint density at radius 1 is 0.767 bits per heavy atom. The molecule has 0 radical (unpaired) electrons. The summed E-state index contributed by atoms with van der Waals surface area (Å²) in [4.78, 5) is 25.2. The lowest BCUT2D eigenvalue weighted by atomic mass is 9.41. The van der Waals surface area contributed by atoms with Gasteiger partial charge in [0.25, 0.3) is 0 Å². The van der Waals surface area contributed by atoms with Gasteiger partial charge >= 0.3 is 5.97 Å². The molecule has 4 heterocycles. The highest BCUT2D eigenvalue weighted by Crippen LogP contribution is 2.70. The molecular formula is C41H62O19.